The zero-order chi connectivity index (χ0) is 10.8. The minimum Gasteiger partial charge on any atom is -0.477 e. The molecular formula is C10H14N2O2S. The molecule has 1 N–H and O–H groups in total. The summed E-state index contributed by atoms with van der Waals surface area (Å²) in [6.45, 7) is 0. The number of aromatic nitrogens is 2. The maximum absolute atomic E-state index is 10.8. The molecule has 0 saturated carbocycles. The van der Waals surface area contributed by atoms with Crippen molar-refractivity contribution < 1.29 is 9.90 Å². The Labute approximate surface area is 92.7 Å². The molecule has 2 rings (SSSR count). The van der Waals surface area contributed by atoms with Gasteiger partial charge in [-0.05, 0) is 24.7 Å². The molecule has 15 heavy (non-hydrogen) atoms. The van der Waals surface area contributed by atoms with Crippen LogP contribution in [0.4, 0.5) is 0 Å². The number of hydrogen-bond acceptors (Lipinski definition) is 3. The lowest BCUT2D eigenvalue weighted by Crippen LogP contribution is -2.05. The van der Waals surface area contributed by atoms with Crippen molar-refractivity contribution in [3.05, 3.63) is 17.5 Å². The smallest absolute Gasteiger partial charge is 0.354 e. The van der Waals surface area contributed by atoms with Crippen molar-refractivity contribution in [3.63, 3.8) is 0 Å². The Bertz CT molecular complexity index is 369. The zero-order valence-corrected chi connectivity index (χ0v) is 9.46. The van der Waals surface area contributed by atoms with Crippen LogP contribution < -0.4 is 0 Å². The predicted molar refractivity (Wildman–Crippen MR) is 59.4 cm³/mol. The van der Waals surface area contributed by atoms with Crippen molar-refractivity contribution in [1.29, 1.82) is 0 Å². The average molecular weight is 226 g/mol. The van der Waals surface area contributed by atoms with Crippen LogP contribution in [0.5, 0.6) is 0 Å². The third-order valence-electron chi connectivity index (χ3n) is 2.61. The van der Waals surface area contributed by atoms with E-state index >= 15 is 0 Å². The lowest BCUT2D eigenvalue weighted by molar-refractivity contribution is 0.0685. The number of nitrogens with zero attached hydrogens (tertiary/aromatic N) is 2. The first kappa shape index (κ1) is 10.5. The largest absolute Gasteiger partial charge is 0.477 e. The average Bonchev–Trinajstić information content (AvgIpc) is 2.75. The third-order valence-corrected chi connectivity index (χ3v) is 4.01. The second-order valence-electron chi connectivity index (χ2n) is 3.79. The molecule has 0 amide bonds. The van der Waals surface area contributed by atoms with Crippen LogP contribution >= 0.6 is 11.8 Å². The molecule has 5 heteroatoms. The van der Waals surface area contributed by atoms with E-state index in [1.165, 1.54) is 23.3 Å². The molecule has 1 atom stereocenters. The van der Waals surface area contributed by atoms with Gasteiger partial charge in [0.1, 0.15) is 5.69 Å². The quantitative estimate of drug-likeness (QED) is 0.849. The van der Waals surface area contributed by atoms with E-state index in [1.807, 2.05) is 11.8 Å². The Morgan fingerprint density at radius 1 is 1.80 bits per heavy atom. The first-order valence-electron chi connectivity index (χ1n) is 5.04. The zero-order valence-electron chi connectivity index (χ0n) is 8.64. The summed E-state index contributed by atoms with van der Waals surface area (Å²) < 4.78 is 1.44. The fourth-order valence-electron chi connectivity index (χ4n) is 1.87. The Morgan fingerprint density at radius 2 is 2.60 bits per heavy atom. The molecule has 0 spiro atoms. The highest BCUT2D eigenvalue weighted by molar-refractivity contribution is 8.00. The topological polar surface area (TPSA) is 55.1 Å². The molecule has 0 aliphatic carbocycles. The van der Waals surface area contributed by atoms with Gasteiger partial charge in [0.05, 0.1) is 5.69 Å². The Balaban J connectivity index is 2.08. The summed E-state index contributed by atoms with van der Waals surface area (Å²) in [6.07, 6.45) is 3.39. The molecule has 1 fully saturated rings. The minimum atomic E-state index is -0.907. The maximum Gasteiger partial charge on any atom is 0.354 e. The normalized spacial score (nSPS) is 20.7. The fraction of sp³-hybridized carbons (Fsp3) is 0.600. The second kappa shape index (κ2) is 4.26. The number of carbonyl (C=O) groups is 1. The molecule has 1 aliphatic rings. The minimum absolute atomic E-state index is 0.271. The number of aromatic carboxylic acids is 1. The molecule has 1 unspecified atom stereocenters. The molecule has 1 aliphatic heterocycles. The van der Waals surface area contributed by atoms with Crippen molar-refractivity contribution in [3.8, 4) is 0 Å². The maximum atomic E-state index is 10.8. The number of hydrogen-bond donors (Lipinski definition) is 1. The van der Waals surface area contributed by atoms with Gasteiger partial charge in [-0.15, -0.1) is 0 Å². The molecule has 4 nitrogen and oxygen atoms in total. The molecule has 1 aromatic rings. The van der Waals surface area contributed by atoms with Gasteiger partial charge in [-0.2, -0.15) is 16.9 Å². The van der Waals surface area contributed by atoms with E-state index in [9.17, 15) is 4.79 Å². The molecule has 0 bridgehead atoms. The molecule has 1 aromatic heterocycles. The molecule has 82 valence electrons. The van der Waals surface area contributed by atoms with Gasteiger partial charge in [-0.25, -0.2) is 4.79 Å². The first-order chi connectivity index (χ1) is 7.16. The van der Waals surface area contributed by atoms with E-state index in [4.69, 9.17) is 5.11 Å². The van der Waals surface area contributed by atoms with E-state index < -0.39 is 5.97 Å². The van der Waals surface area contributed by atoms with E-state index in [0.717, 1.165) is 12.1 Å². The van der Waals surface area contributed by atoms with Gasteiger partial charge in [0, 0.05) is 18.7 Å². The van der Waals surface area contributed by atoms with Gasteiger partial charge in [0.15, 0.2) is 0 Å². The van der Waals surface area contributed by atoms with Gasteiger partial charge in [-0.3, -0.25) is 4.68 Å². The first-order valence-corrected chi connectivity index (χ1v) is 6.09. The van der Waals surface area contributed by atoms with Crippen molar-refractivity contribution >= 4 is 17.7 Å². The van der Waals surface area contributed by atoms with Crippen LogP contribution in [0, 0.1) is 0 Å². The van der Waals surface area contributed by atoms with Crippen molar-refractivity contribution in [1.82, 2.24) is 9.78 Å². The summed E-state index contributed by atoms with van der Waals surface area (Å²) in [4.78, 5) is 10.8. The molecule has 0 aromatic carbocycles. The number of aryl methyl sites for hydroxylation is 1. The number of thioether (sulfide) groups is 1. The highest BCUT2D eigenvalue weighted by Gasteiger charge is 2.19. The summed E-state index contributed by atoms with van der Waals surface area (Å²) in [5.74, 6) is 0.318. The summed E-state index contributed by atoms with van der Waals surface area (Å²) in [5, 5.41) is 13.7. The number of rotatable bonds is 3. The van der Waals surface area contributed by atoms with Crippen LogP contribution in [-0.2, 0) is 13.5 Å². The fourth-order valence-corrected chi connectivity index (χ4v) is 3.15. The Morgan fingerprint density at radius 3 is 3.13 bits per heavy atom. The third kappa shape index (κ3) is 2.34. The number of carboxylic acid groups (broad SMARTS) is 1. The SMILES string of the molecule is Cn1nc(CC2CCCS2)cc1C(=O)O. The summed E-state index contributed by atoms with van der Waals surface area (Å²) >= 11 is 1.96. The van der Waals surface area contributed by atoms with Crippen molar-refractivity contribution in [2.24, 2.45) is 7.05 Å². The van der Waals surface area contributed by atoms with Crippen LogP contribution in [0.3, 0.4) is 0 Å². The van der Waals surface area contributed by atoms with Gasteiger partial charge >= 0.3 is 5.97 Å². The lowest BCUT2D eigenvalue weighted by Gasteiger charge is -2.03. The van der Waals surface area contributed by atoms with Crippen molar-refractivity contribution in [2.75, 3.05) is 5.75 Å². The van der Waals surface area contributed by atoms with E-state index in [-0.39, 0.29) is 5.69 Å². The van der Waals surface area contributed by atoms with Gasteiger partial charge in [-0.1, -0.05) is 0 Å². The Hall–Kier alpha value is -0.970. The van der Waals surface area contributed by atoms with Crippen LogP contribution in [0.25, 0.3) is 0 Å². The standard InChI is InChI=1S/C10H14N2O2S/c1-12-9(10(13)14)6-7(11-12)5-8-3-2-4-15-8/h6,8H,2-5H2,1H3,(H,13,14). The van der Waals surface area contributed by atoms with Crippen LogP contribution in [0.2, 0.25) is 0 Å². The number of carboxylic acids is 1. The Kier molecular flexibility index (Phi) is 3.00. The summed E-state index contributed by atoms with van der Waals surface area (Å²) in [6, 6.07) is 1.68. The molecular weight excluding hydrogens is 212 g/mol. The van der Waals surface area contributed by atoms with Crippen LogP contribution in [0.1, 0.15) is 29.0 Å². The van der Waals surface area contributed by atoms with Gasteiger partial charge in [0.25, 0.3) is 0 Å². The summed E-state index contributed by atoms with van der Waals surface area (Å²) in [7, 11) is 1.68. The highest BCUT2D eigenvalue weighted by atomic mass is 32.2. The summed E-state index contributed by atoms with van der Waals surface area (Å²) in [5.41, 5.74) is 1.17. The van der Waals surface area contributed by atoms with E-state index in [1.54, 1.807) is 13.1 Å². The van der Waals surface area contributed by atoms with Gasteiger partial charge < -0.3 is 5.11 Å². The molecule has 0 radical (unpaired) electrons. The van der Waals surface area contributed by atoms with Gasteiger partial charge in [0.2, 0.25) is 0 Å². The lowest BCUT2D eigenvalue weighted by atomic mass is 10.1. The molecule has 2 heterocycles. The second-order valence-corrected chi connectivity index (χ2v) is 5.20. The van der Waals surface area contributed by atoms with E-state index in [2.05, 4.69) is 5.10 Å². The van der Waals surface area contributed by atoms with E-state index in [0.29, 0.717) is 5.25 Å². The van der Waals surface area contributed by atoms with Crippen molar-refractivity contribution in [2.45, 2.75) is 24.5 Å². The highest BCUT2D eigenvalue weighted by Crippen LogP contribution is 2.28. The predicted octanol–water partition coefficient (Wildman–Crippen LogP) is 1.56. The van der Waals surface area contributed by atoms with Crippen LogP contribution in [0.15, 0.2) is 6.07 Å². The molecule has 1 saturated heterocycles. The van der Waals surface area contributed by atoms with Crippen LogP contribution in [-0.4, -0.2) is 31.9 Å². The monoisotopic (exact) mass is 226 g/mol.